The second-order valence-electron chi connectivity index (χ2n) is 7.80. The van der Waals surface area contributed by atoms with Crippen molar-refractivity contribution in [1.29, 1.82) is 0 Å². The van der Waals surface area contributed by atoms with Crippen molar-refractivity contribution in [2.75, 3.05) is 58.7 Å². The van der Waals surface area contributed by atoms with Crippen molar-refractivity contribution in [2.24, 2.45) is 0 Å². The SMILES string of the molecule is CCN(CC)CCN(C(=O)c1cc(OC)c(OC)c(OC)c1)c1nc2ccc(S(C)(=O)=O)cc2s1.Cl. The monoisotopic (exact) mass is 557 g/mol. The van der Waals surface area contributed by atoms with Crippen LogP contribution in [0.2, 0.25) is 0 Å². The smallest absolute Gasteiger partial charge is 0.260 e. The van der Waals surface area contributed by atoms with Gasteiger partial charge in [0.05, 0.1) is 36.4 Å². The Balaban J connectivity index is 0.00000456. The maximum atomic E-state index is 13.8. The number of sulfone groups is 1. The summed E-state index contributed by atoms with van der Waals surface area (Å²) < 4.78 is 40.9. The Labute approximate surface area is 222 Å². The quantitative estimate of drug-likeness (QED) is 0.347. The highest BCUT2D eigenvalue weighted by Gasteiger charge is 2.25. The van der Waals surface area contributed by atoms with Gasteiger partial charge >= 0.3 is 0 Å². The molecule has 36 heavy (non-hydrogen) atoms. The lowest BCUT2D eigenvalue weighted by atomic mass is 10.1. The molecule has 198 valence electrons. The molecule has 0 saturated heterocycles. The molecule has 9 nitrogen and oxygen atoms in total. The van der Waals surface area contributed by atoms with Crippen LogP contribution in [0.25, 0.3) is 10.2 Å². The number of thiazole rings is 1. The molecular formula is C24H32ClN3O6S2. The number of benzene rings is 2. The number of aromatic nitrogens is 1. The van der Waals surface area contributed by atoms with E-state index < -0.39 is 9.84 Å². The molecule has 2 aromatic carbocycles. The molecule has 0 aliphatic carbocycles. The van der Waals surface area contributed by atoms with Gasteiger partial charge in [-0.3, -0.25) is 9.69 Å². The number of carbonyl (C=O) groups excluding carboxylic acids is 1. The lowest BCUT2D eigenvalue weighted by Crippen LogP contribution is -2.38. The number of carbonyl (C=O) groups is 1. The highest BCUT2D eigenvalue weighted by molar-refractivity contribution is 7.90. The van der Waals surface area contributed by atoms with E-state index in [-0.39, 0.29) is 23.2 Å². The molecule has 3 aromatic rings. The van der Waals surface area contributed by atoms with Crippen LogP contribution < -0.4 is 19.1 Å². The van der Waals surface area contributed by atoms with Crippen LogP contribution in [0.4, 0.5) is 5.13 Å². The van der Waals surface area contributed by atoms with Gasteiger partial charge in [-0.2, -0.15) is 0 Å². The third kappa shape index (κ3) is 6.39. The molecule has 12 heteroatoms. The van der Waals surface area contributed by atoms with Gasteiger partial charge in [0.2, 0.25) is 5.75 Å². The average Bonchev–Trinajstić information content (AvgIpc) is 3.27. The number of methoxy groups -OCH3 is 3. The van der Waals surface area contributed by atoms with E-state index >= 15 is 0 Å². The lowest BCUT2D eigenvalue weighted by molar-refractivity contribution is 0.0983. The number of likely N-dealkylation sites (N-methyl/N-ethyl adjacent to an activating group) is 1. The van der Waals surface area contributed by atoms with Gasteiger partial charge in [-0.25, -0.2) is 13.4 Å². The lowest BCUT2D eigenvalue weighted by Gasteiger charge is -2.25. The minimum atomic E-state index is -3.36. The van der Waals surface area contributed by atoms with Gasteiger partial charge < -0.3 is 19.1 Å². The van der Waals surface area contributed by atoms with Crippen LogP contribution in [0.5, 0.6) is 17.2 Å². The van der Waals surface area contributed by atoms with Gasteiger partial charge in [0.15, 0.2) is 26.5 Å². The Morgan fingerprint density at radius 3 is 2.08 bits per heavy atom. The number of fused-ring (bicyclic) bond motifs is 1. The Morgan fingerprint density at radius 2 is 1.58 bits per heavy atom. The van der Waals surface area contributed by atoms with Crippen LogP contribution in [-0.2, 0) is 9.84 Å². The third-order valence-corrected chi connectivity index (χ3v) is 7.85. The van der Waals surface area contributed by atoms with Crippen molar-refractivity contribution in [3.05, 3.63) is 35.9 Å². The van der Waals surface area contributed by atoms with Crippen molar-refractivity contribution in [1.82, 2.24) is 9.88 Å². The van der Waals surface area contributed by atoms with Crippen molar-refractivity contribution in [3.63, 3.8) is 0 Å². The molecule has 0 radical (unpaired) electrons. The molecule has 0 fully saturated rings. The molecule has 0 N–H and O–H groups in total. The topological polar surface area (TPSA) is 98.3 Å². The van der Waals surface area contributed by atoms with Gasteiger partial charge in [0.25, 0.3) is 5.91 Å². The Hall–Kier alpha value is -2.60. The van der Waals surface area contributed by atoms with Gasteiger partial charge in [-0.05, 0) is 43.4 Å². The van der Waals surface area contributed by atoms with Gasteiger partial charge in [0, 0.05) is 24.9 Å². The second kappa shape index (κ2) is 12.6. The summed E-state index contributed by atoms with van der Waals surface area (Å²) in [5.41, 5.74) is 0.984. The minimum Gasteiger partial charge on any atom is -0.493 e. The molecule has 0 unspecified atom stereocenters. The standard InChI is InChI=1S/C24H31N3O6S2.ClH/c1-7-26(8-2)11-12-27(23(28)16-13-19(31-3)22(33-5)20(14-16)32-4)24-25-18-10-9-17(35(6,29)30)15-21(18)34-24;/h9-10,13-15H,7-8,11-12H2,1-6H3;1H. The first-order valence-electron chi connectivity index (χ1n) is 11.1. The van der Waals surface area contributed by atoms with Gasteiger partial charge in [0.1, 0.15) is 0 Å². The van der Waals surface area contributed by atoms with Gasteiger partial charge in [-0.15, -0.1) is 12.4 Å². The van der Waals surface area contributed by atoms with Crippen LogP contribution in [0.3, 0.4) is 0 Å². The van der Waals surface area contributed by atoms with E-state index in [0.29, 0.717) is 51.2 Å². The maximum Gasteiger partial charge on any atom is 0.260 e. The van der Waals surface area contributed by atoms with Crippen LogP contribution in [0.1, 0.15) is 24.2 Å². The van der Waals surface area contributed by atoms with E-state index in [1.54, 1.807) is 29.2 Å². The fourth-order valence-corrected chi connectivity index (χ4v) is 5.42. The minimum absolute atomic E-state index is 0. The number of anilines is 1. The van der Waals surface area contributed by atoms with Crippen molar-refractivity contribution in [3.8, 4) is 17.2 Å². The molecule has 0 saturated carbocycles. The number of rotatable bonds is 11. The third-order valence-electron chi connectivity index (χ3n) is 5.70. The zero-order valence-electron chi connectivity index (χ0n) is 21.2. The maximum absolute atomic E-state index is 13.8. The molecule has 1 heterocycles. The molecule has 0 atom stereocenters. The zero-order valence-corrected chi connectivity index (χ0v) is 23.7. The first-order valence-corrected chi connectivity index (χ1v) is 13.8. The Morgan fingerprint density at radius 1 is 0.972 bits per heavy atom. The van der Waals surface area contributed by atoms with E-state index in [2.05, 4.69) is 23.7 Å². The van der Waals surface area contributed by atoms with E-state index in [9.17, 15) is 13.2 Å². The summed E-state index contributed by atoms with van der Waals surface area (Å²) in [5.74, 6) is 0.871. The number of halogens is 1. The molecular weight excluding hydrogens is 526 g/mol. The van der Waals surface area contributed by atoms with Crippen molar-refractivity contribution < 1.29 is 27.4 Å². The van der Waals surface area contributed by atoms with E-state index in [4.69, 9.17) is 14.2 Å². The number of hydrogen-bond donors (Lipinski definition) is 0. The van der Waals surface area contributed by atoms with E-state index in [1.807, 2.05) is 0 Å². The van der Waals surface area contributed by atoms with Crippen molar-refractivity contribution in [2.45, 2.75) is 18.7 Å². The predicted octanol–water partition coefficient (Wildman–Crippen LogP) is 4.14. The summed E-state index contributed by atoms with van der Waals surface area (Å²) in [7, 11) is 1.13. The molecule has 0 bridgehead atoms. The molecule has 3 rings (SSSR count). The van der Waals surface area contributed by atoms with Gasteiger partial charge in [-0.1, -0.05) is 25.2 Å². The molecule has 1 aromatic heterocycles. The fraction of sp³-hybridized carbons (Fsp3) is 0.417. The first-order chi connectivity index (χ1) is 16.7. The Kier molecular flexibility index (Phi) is 10.4. The fourth-order valence-electron chi connectivity index (χ4n) is 3.66. The molecule has 1 amide bonds. The van der Waals surface area contributed by atoms with E-state index in [0.717, 1.165) is 13.1 Å². The second-order valence-corrected chi connectivity index (χ2v) is 10.8. The summed E-state index contributed by atoms with van der Waals surface area (Å²) in [6.07, 6.45) is 1.17. The predicted molar refractivity (Wildman–Crippen MR) is 146 cm³/mol. The number of ether oxygens (including phenoxy) is 3. The summed E-state index contributed by atoms with van der Waals surface area (Å²) >= 11 is 1.28. The largest absolute Gasteiger partial charge is 0.493 e. The Bertz CT molecular complexity index is 1280. The normalized spacial score (nSPS) is 11.3. The van der Waals surface area contributed by atoms with Crippen LogP contribution >= 0.6 is 23.7 Å². The molecule has 0 aliphatic heterocycles. The van der Waals surface area contributed by atoms with Crippen LogP contribution in [0.15, 0.2) is 35.2 Å². The van der Waals surface area contributed by atoms with Crippen LogP contribution in [0, 0.1) is 0 Å². The molecule has 0 spiro atoms. The summed E-state index contributed by atoms with van der Waals surface area (Å²) in [6, 6.07) is 8.02. The number of hydrogen-bond acceptors (Lipinski definition) is 9. The summed E-state index contributed by atoms with van der Waals surface area (Å²) in [6.45, 7) is 6.88. The molecule has 0 aliphatic rings. The van der Waals surface area contributed by atoms with E-state index in [1.165, 1.54) is 45.0 Å². The highest BCUT2D eigenvalue weighted by atomic mass is 35.5. The summed E-state index contributed by atoms with van der Waals surface area (Å²) in [5, 5.41) is 0.483. The number of nitrogens with zero attached hydrogens (tertiary/aromatic N) is 3. The summed E-state index contributed by atoms with van der Waals surface area (Å²) in [4.78, 5) is 22.5. The van der Waals surface area contributed by atoms with Crippen molar-refractivity contribution >= 4 is 54.8 Å². The van der Waals surface area contributed by atoms with Crippen LogP contribution in [-0.4, -0.2) is 78.0 Å². The number of amides is 1. The first kappa shape index (κ1) is 29.6. The highest BCUT2D eigenvalue weighted by Crippen LogP contribution is 2.39. The average molecular weight is 558 g/mol. The zero-order chi connectivity index (χ0) is 25.8.